The summed E-state index contributed by atoms with van der Waals surface area (Å²) in [5.74, 6) is -0.564. The number of carbonyl (C=O) groups is 1. The molecule has 7 heteroatoms. The molecule has 1 heterocycles. The maximum Gasteiger partial charge on any atom is 0.268 e. The molecule has 0 aliphatic heterocycles. The summed E-state index contributed by atoms with van der Waals surface area (Å²) in [4.78, 5) is 12.4. The average Bonchev–Trinajstić information content (AvgIpc) is 2.95. The molecule has 0 radical (unpaired) electrons. The first-order valence-electron chi connectivity index (χ1n) is 7.38. The number of benzene rings is 2. The van der Waals surface area contributed by atoms with E-state index in [-0.39, 0.29) is 10.6 Å². The van der Waals surface area contributed by atoms with Crippen molar-refractivity contribution in [1.29, 1.82) is 5.26 Å². The fraction of sp³-hybridized carbons (Fsp3) is 0.111. The van der Waals surface area contributed by atoms with Crippen molar-refractivity contribution in [2.75, 3.05) is 0 Å². The number of Topliss-reactive ketones (excluding diaryl/α,β-unsaturated/α-hetero) is 1. The van der Waals surface area contributed by atoms with Crippen LogP contribution in [0.25, 0.3) is 10.9 Å². The number of halogens is 1. The molecule has 0 bridgehead atoms. The molecular weight excluding hydrogens is 360 g/mol. The number of carbonyl (C=O) groups excluding carboxylic acids is 1. The molecule has 2 aromatic carbocycles. The molecule has 3 aromatic rings. The standard InChI is InChI=1S/C18H13ClN2O3S/c1-12-2-6-15(7-3-12)25(23,24)21-16-11-14(19)5-4-13(16)10-17(21)18(22)8-9-20/h2-7,10-11H,8H2,1H3. The third-order valence-electron chi connectivity index (χ3n) is 3.81. The molecule has 126 valence electrons. The molecule has 0 aliphatic carbocycles. The van der Waals surface area contributed by atoms with Crippen molar-refractivity contribution >= 4 is 38.3 Å². The van der Waals surface area contributed by atoms with Crippen LogP contribution in [0.2, 0.25) is 5.02 Å². The summed E-state index contributed by atoms with van der Waals surface area (Å²) in [6, 6.07) is 14.3. The van der Waals surface area contributed by atoms with Crippen molar-refractivity contribution in [1.82, 2.24) is 3.97 Å². The monoisotopic (exact) mass is 372 g/mol. The average molecular weight is 373 g/mol. The molecule has 3 rings (SSSR count). The van der Waals surface area contributed by atoms with Crippen molar-refractivity contribution in [3.05, 3.63) is 64.8 Å². The molecule has 1 aromatic heterocycles. The largest absolute Gasteiger partial charge is 0.291 e. The highest BCUT2D eigenvalue weighted by Crippen LogP contribution is 2.29. The lowest BCUT2D eigenvalue weighted by molar-refractivity contribution is 0.0992. The van der Waals surface area contributed by atoms with Crippen LogP contribution in [-0.2, 0) is 10.0 Å². The summed E-state index contributed by atoms with van der Waals surface area (Å²) in [5, 5.41) is 9.72. The first-order valence-corrected chi connectivity index (χ1v) is 9.20. The number of hydrogen-bond donors (Lipinski definition) is 0. The van der Waals surface area contributed by atoms with Crippen molar-refractivity contribution in [2.45, 2.75) is 18.2 Å². The Balaban J connectivity index is 2.34. The molecule has 0 spiro atoms. The van der Waals surface area contributed by atoms with Gasteiger partial charge in [0.2, 0.25) is 0 Å². The molecule has 0 aliphatic rings. The van der Waals surface area contributed by atoms with E-state index in [2.05, 4.69) is 0 Å². The van der Waals surface area contributed by atoms with Gasteiger partial charge in [0.1, 0.15) is 12.1 Å². The van der Waals surface area contributed by atoms with Crippen LogP contribution in [0.5, 0.6) is 0 Å². The van der Waals surface area contributed by atoms with Crippen LogP contribution in [0, 0.1) is 18.3 Å². The van der Waals surface area contributed by atoms with Gasteiger partial charge in [0.25, 0.3) is 10.0 Å². The highest BCUT2D eigenvalue weighted by molar-refractivity contribution is 7.90. The SMILES string of the molecule is Cc1ccc(S(=O)(=O)n2c(C(=O)CC#N)cc3ccc(Cl)cc32)cc1. The minimum Gasteiger partial charge on any atom is -0.291 e. The van der Waals surface area contributed by atoms with E-state index in [4.69, 9.17) is 16.9 Å². The van der Waals surface area contributed by atoms with Gasteiger partial charge in [-0.05, 0) is 37.3 Å². The first kappa shape index (κ1) is 17.2. The number of aromatic nitrogens is 1. The van der Waals surface area contributed by atoms with Gasteiger partial charge in [-0.2, -0.15) is 5.26 Å². The van der Waals surface area contributed by atoms with Crippen LogP contribution in [0.4, 0.5) is 0 Å². The lowest BCUT2D eigenvalue weighted by Gasteiger charge is -2.11. The third-order valence-corrected chi connectivity index (χ3v) is 5.78. The Bertz CT molecular complexity index is 1120. The molecule has 0 fully saturated rings. The van der Waals surface area contributed by atoms with Crippen molar-refractivity contribution in [3.63, 3.8) is 0 Å². The number of fused-ring (bicyclic) bond motifs is 1. The maximum atomic E-state index is 13.1. The highest BCUT2D eigenvalue weighted by Gasteiger charge is 2.26. The summed E-state index contributed by atoms with van der Waals surface area (Å²) >= 11 is 6.01. The predicted octanol–water partition coefficient (Wildman–Crippen LogP) is 3.94. The smallest absolute Gasteiger partial charge is 0.268 e. The fourth-order valence-electron chi connectivity index (χ4n) is 2.58. The summed E-state index contributed by atoms with van der Waals surface area (Å²) in [6.07, 6.45) is -0.409. The molecule has 0 unspecified atom stereocenters. The van der Waals surface area contributed by atoms with Crippen molar-refractivity contribution in [2.24, 2.45) is 0 Å². The molecule has 0 saturated heterocycles. The van der Waals surface area contributed by atoms with E-state index in [1.54, 1.807) is 30.3 Å². The predicted molar refractivity (Wildman–Crippen MR) is 95.3 cm³/mol. The zero-order valence-electron chi connectivity index (χ0n) is 13.2. The summed E-state index contributed by atoms with van der Waals surface area (Å²) < 4.78 is 27.3. The van der Waals surface area contributed by atoms with Crippen LogP contribution >= 0.6 is 11.6 Å². The minimum atomic E-state index is -4.02. The van der Waals surface area contributed by atoms with E-state index >= 15 is 0 Å². The number of nitrogens with zero attached hydrogens (tertiary/aromatic N) is 2. The second kappa shape index (κ2) is 6.36. The van der Waals surface area contributed by atoms with E-state index in [9.17, 15) is 13.2 Å². The number of nitriles is 1. The van der Waals surface area contributed by atoms with E-state index in [0.29, 0.717) is 15.9 Å². The van der Waals surface area contributed by atoms with Crippen LogP contribution in [0.1, 0.15) is 22.5 Å². The van der Waals surface area contributed by atoms with E-state index in [1.807, 2.05) is 6.92 Å². The second-order valence-electron chi connectivity index (χ2n) is 5.57. The normalized spacial score (nSPS) is 11.4. The number of aryl methyl sites for hydroxylation is 1. The molecule has 0 N–H and O–H groups in total. The van der Waals surface area contributed by atoms with Crippen LogP contribution < -0.4 is 0 Å². The number of hydrogen-bond acceptors (Lipinski definition) is 4. The zero-order chi connectivity index (χ0) is 18.2. The summed E-state index contributed by atoms with van der Waals surface area (Å²) in [7, 11) is -4.02. The Morgan fingerprint density at radius 1 is 1.16 bits per heavy atom. The fourth-order valence-corrected chi connectivity index (χ4v) is 4.27. The van der Waals surface area contributed by atoms with E-state index in [1.165, 1.54) is 24.3 Å². The van der Waals surface area contributed by atoms with Gasteiger partial charge in [-0.3, -0.25) is 4.79 Å². The quantitative estimate of drug-likeness (QED) is 0.650. The Kier molecular flexibility index (Phi) is 4.38. The van der Waals surface area contributed by atoms with Gasteiger partial charge in [0.05, 0.1) is 16.5 Å². The van der Waals surface area contributed by atoms with Crippen LogP contribution in [0.15, 0.2) is 53.4 Å². The van der Waals surface area contributed by atoms with Crippen LogP contribution in [-0.4, -0.2) is 18.2 Å². The summed E-state index contributed by atoms with van der Waals surface area (Å²) in [5.41, 5.74) is 1.16. The topological polar surface area (TPSA) is 79.9 Å². The Labute approximate surface area is 150 Å². The second-order valence-corrected chi connectivity index (χ2v) is 7.80. The van der Waals surface area contributed by atoms with Gasteiger partial charge >= 0.3 is 0 Å². The first-order chi connectivity index (χ1) is 11.8. The summed E-state index contributed by atoms with van der Waals surface area (Å²) in [6.45, 7) is 1.85. The van der Waals surface area contributed by atoms with Gasteiger partial charge in [0, 0.05) is 10.4 Å². The number of rotatable bonds is 4. The van der Waals surface area contributed by atoms with Gasteiger partial charge in [-0.1, -0.05) is 35.4 Å². The van der Waals surface area contributed by atoms with Crippen molar-refractivity contribution < 1.29 is 13.2 Å². The minimum absolute atomic E-state index is 0.0561. The molecule has 0 saturated carbocycles. The van der Waals surface area contributed by atoms with Gasteiger partial charge in [0.15, 0.2) is 5.78 Å². The Morgan fingerprint density at radius 2 is 1.84 bits per heavy atom. The molecule has 0 atom stereocenters. The third kappa shape index (κ3) is 3.04. The van der Waals surface area contributed by atoms with E-state index < -0.39 is 22.2 Å². The molecule has 25 heavy (non-hydrogen) atoms. The molecule has 5 nitrogen and oxygen atoms in total. The van der Waals surface area contributed by atoms with Crippen LogP contribution in [0.3, 0.4) is 0 Å². The maximum absolute atomic E-state index is 13.1. The Hall–Kier alpha value is -2.62. The van der Waals surface area contributed by atoms with E-state index in [0.717, 1.165) is 9.54 Å². The van der Waals surface area contributed by atoms with Crippen molar-refractivity contribution in [3.8, 4) is 6.07 Å². The number of ketones is 1. The van der Waals surface area contributed by atoms with Gasteiger partial charge < -0.3 is 0 Å². The lowest BCUT2D eigenvalue weighted by atomic mass is 10.2. The highest BCUT2D eigenvalue weighted by atomic mass is 35.5. The Morgan fingerprint density at radius 3 is 2.48 bits per heavy atom. The molecular formula is C18H13ClN2O3S. The lowest BCUT2D eigenvalue weighted by Crippen LogP contribution is -2.18. The van der Waals surface area contributed by atoms with Gasteiger partial charge in [-0.15, -0.1) is 0 Å². The zero-order valence-corrected chi connectivity index (χ0v) is 14.8. The van der Waals surface area contributed by atoms with Gasteiger partial charge in [-0.25, -0.2) is 12.4 Å². The molecule has 0 amide bonds.